The Hall–Kier alpha value is -1.68. The molecule has 0 bridgehead atoms. The molecule has 2 rings (SSSR count). The molecule has 0 unspecified atom stereocenters. The quantitative estimate of drug-likeness (QED) is 0.803. The van der Waals surface area contributed by atoms with Crippen LogP contribution in [0.25, 0.3) is 11.3 Å². The van der Waals surface area contributed by atoms with Gasteiger partial charge in [0.25, 0.3) is 0 Å². The molecule has 5 heteroatoms. The zero-order valence-electron chi connectivity index (χ0n) is 8.94. The predicted octanol–water partition coefficient (Wildman–Crippen LogP) is 2.51. The van der Waals surface area contributed by atoms with Gasteiger partial charge < -0.3 is 4.74 Å². The van der Waals surface area contributed by atoms with E-state index in [0.29, 0.717) is 5.69 Å². The van der Waals surface area contributed by atoms with E-state index in [9.17, 15) is 0 Å². The van der Waals surface area contributed by atoms with Gasteiger partial charge in [-0.1, -0.05) is 12.1 Å². The van der Waals surface area contributed by atoms with E-state index in [0.717, 1.165) is 16.9 Å². The van der Waals surface area contributed by atoms with Gasteiger partial charge in [-0.25, -0.2) is 4.98 Å². The van der Waals surface area contributed by atoms with Crippen LogP contribution in [-0.4, -0.2) is 22.3 Å². The van der Waals surface area contributed by atoms with Crippen molar-refractivity contribution in [1.82, 2.24) is 15.2 Å². The minimum Gasteiger partial charge on any atom is -0.496 e. The van der Waals surface area contributed by atoms with E-state index >= 15 is 0 Å². The van der Waals surface area contributed by atoms with Gasteiger partial charge in [0.15, 0.2) is 0 Å². The van der Waals surface area contributed by atoms with E-state index in [4.69, 9.17) is 16.3 Å². The van der Waals surface area contributed by atoms with Crippen LogP contribution in [-0.2, 0) is 0 Å². The molecule has 0 radical (unpaired) electrons. The zero-order chi connectivity index (χ0) is 11.5. The molecular formula is C11H10ClN3O. The molecule has 0 amide bonds. The van der Waals surface area contributed by atoms with Crippen molar-refractivity contribution in [2.45, 2.75) is 6.92 Å². The van der Waals surface area contributed by atoms with Crippen molar-refractivity contribution >= 4 is 11.6 Å². The second kappa shape index (κ2) is 4.45. The average Bonchev–Trinajstić information content (AvgIpc) is 2.28. The Kier molecular flexibility index (Phi) is 3.01. The van der Waals surface area contributed by atoms with Crippen molar-refractivity contribution in [2.75, 3.05) is 7.11 Å². The normalized spacial score (nSPS) is 10.2. The molecule has 0 aliphatic carbocycles. The number of rotatable bonds is 2. The maximum atomic E-state index is 5.72. The fraction of sp³-hybridized carbons (Fsp3) is 0.182. The van der Waals surface area contributed by atoms with Gasteiger partial charge in [-0.15, -0.1) is 5.10 Å². The minimum atomic E-state index is 0.128. The lowest BCUT2D eigenvalue weighted by atomic mass is 10.1. The summed E-state index contributed by atoms with van der Waals surface area (Å²) in [5.74, 6) is 0.747. The van der Waals surface area contributed by atoms with Crippen molar-refractivity contribution in [3.63, 3.8) is 0 Å². The van der Waals surface area contributed by atoms with Crippen LogP contribution in [0.15, 0.2) is 24.4 Å². The molecule has 0 aliphatic heterocycles. The number of nitrogens with zero attached hydrogens (tertiary/aromatic N) is 3. The van der Waals surface area contributed by atoms with Crippen LogP contribution in [0.2, 0.25) is 5.28 Å². The first kappa shape index (κ1) is 10.8. The zero-order valence-corrected chi connectivity index (χ0v) is 9.69. The third kappa shape index (κ3) is 1.97. The highest BCUT2D eigenvalue weighted by Gasteiger charge is 2.11. The molecule has 16 heavy (non-hydrogen) atoms. The van der Waals surface area contributed by atoms with Crippen molar-refractivity contribution in [2.24, 2.45) is 0 Å². The van der Waals surface area contributed by atoms with E-state index in [1.807, 2.05) is 25.1 Å². The van der Waals surface area contributed by atoms with Gasteiger partial charge in [-0.3, -0.25) is 0 Å². The molecular weight excluding hydrogens is 226 g/mol. The lowest BCUT2D eigenvalue weighted by Gasteiger charge is -2.10. The maximum absolute atomic E-state index is 5.72. The minimum absolute atomic E-state index is 0.128. The van der Waals surface area contributed by atoms with Crippen LogP contribution in [0.3, 0.4) is 0 Å². The third-order valence-electron chi connectivity index (χ3n) is 2.24. The van der Waals surface area contributed by atoms with E-state index < -0.39 is 0 Å². The Morgan fingerprint density at radius 1 is 1.31 bits per heavy atom. The summed E-state index contributed by atoms with van der Waals surface area (Å²) >= 11 is 5.72. The van der Waals surface area contributed by atoms with Gasteiger partial charge in [0.2, 0.25) is 5.28 Å². The van der Waals surface area contributed by atoms with Gasteiger partial charge >= 0.3 is 0 Å². The third-order valence-corrected chi connectivity index (χ3v) is 2.40. The molecule has 0 saturated carbocycles. The van der Waals surface area contributed by atoms with Crippen LogP contribution >= 0.6 is 11.6 Å². The summed E-state index contributed by atoms with van der Waals surface area (Å²) in [4.78, 5) is 4.12. The number of ether oxygens (including phenoxy) is 1. The first-order chi connectivity index (χ1) is 7.72. The molecule has 1 heterocycles. The standard InChI is InChI=1S/C11H10ClN3O/c1-7-4-3-5-9(16-2)10(7)8-6-13-15-11(12)14-8/h3-6H,1-2H3. The van der Waals surface area contributed by atoms with Crippen LogP contribution in [0.5, 0.6) is 5.75 Å². The smallest absolute Gasteiger partial charge is 0.243 e. The van der Waals surface area contributed by atoms with Gasteiger partial charge in [0.1, 0.15) is 5.75 Å². The molecule has 1 aromatic heterocycles. The number of hydrogen-bond donors (Lipinski definition) is 0. The van der Waals surface area contributed by atoms with Crippen molar-refractivity contribution < 1.29 is 4.74 Å². The van der Waals surface area contributed by atoms with Gasteiger partial charge in [-0.2, -0.15) is 5.10 Å². The fourth-order valence-corrected chi connectivity index (χ4v) is 1.68. The number of methoxy groups -OCH3 is 1. The Labute approximate surface area is 98.3 Å². The topological polar surface area (TPSA) is 47.9 Å². The summed E-state index contributed by atoms with van der Waals surface area (Å²) < 4.78 is 5.29. The monoisotopic (exact) mass is 235 g/mol. The number of halogens is 1. The van der Waals surface area contributed by atoms with E-state index in [1.54, 1.807) is 13.3 Å². The van der Waals surface area contributed by atoms with Crippen LogP contribution in [0.1, 0.15) is 5.56 Å². The molecule has 0 aliphatic rings. The first-order valence-electron chi connectivity index (χ1n) is 4.71. The summed E-state index contributed by atoms with van der Waals surface area (Å²) in [7, 11) is 1.62. The first-order valence-corrected chi connectivity index (χ1v) is 5.09. The van der Waals surface area contributed by atoms with Gasteiger partial charge in [0.05, 0.1) is 19.0 Å². The van der Waals surface area contributed by atoms with Gasteiger partial charge in [0, 0.05) is 5.56 Å². The number of aryl methyl sites for hydroxylation is 1. The summed E-state index contributed by atoms with van der Waals surface area (Å²) in [6.07, 6.45) is 1.57. The van der Waals surface area contributed by atoms with Crippen molar-refractivity contribution in [3.05, 3.63) is 35.2 Å². The number of benzene rings is 1. The molecule has 0 fully saturated rings. The number of hydrogen-bond acceptors (Lipinski definition) is 4. The SMILES string of the molecule is COc1cccc(C)c1-c1cnnc(Cl)n1. The Bertz CT molecular complexity index is 516. The highest BCUT2D eigenvalue weighted by molar-refractivity contribution is 6.28. The Morgan fingerprint density at radius 2 is 2.12 bits per heavy atom. The largest absolute Gasteiger partial charge is 0.496 e. The maximum Gasteiger partial charge on any atom is 0.243 e. The highest BCUT2D eigenvalue weighted by atomic mass is 35.5. The molecule has 0 N–H and O–H groups in total. The van der Waals surface area contributed by atoms with Crippen molar-refractivity contribution in [1.29, 1.82) is 0 Å². The van der Waals surface area contributed by atoms with Crippen LogP contribution < -0.4 is 4.74 Å². The molecule has 0 atom stereocenters. The molecule has 4 nitrogen and oxygen atoms in total. The highest BCUT2D eigenvalue weighted by Crippen LogP contribution is 2.31. The Balaban J connectivity index is 2.63. The van der Waals surface area contributed by atoms with E-state index in [-0.39, 0.29) is 5.28 Å². The summed E-state index contributed by atoms with van der Waals surface area (Å²) in [5.41, 5.74) is 2.60. The summed E-state index contributed by atoms with van der Waals surface area (Å²) in [6.45, 7) is 1.98. The lowest BCUT2D eigenvalue weighted by Crippen LogP contribution is -1.95. The van der Waals surface area contributed by atoms with Crippen LogP contribution in [0, 0.1) is 6.92 Å². The molecule has 0 saturated heterocycles. The molecule has 1 aromatic carbocycles. The second-order valence-electron chi connectivity index (χ2n) is 3.26. The van der Waals surface area contributed by atoms with E-state index in [2.05, 4.69) is 15.2 Å². The molecule has 82 valence electrons. The molecule has 2 aromatic rings. The summed E-state index contributed by atoms with van der Waals surface area (Å²) in [6, 6.07) is 5.78. The van der Waals surface area contributed by atoms with Gasteiger partial charge in [-0.05, 0) is 30.2 Å². The van der Waals surface area contributed by atoms with Crippen LogP contribution in [0.4, 0.5) is 0 Å². The second-order valence-corrected chi connectivity index (χ2v) is 3.60. The van der Waals surface area contributed by atoms with E-state index in [1.165, 1.54) is 0 Å². The number of aromatic nitrogens is 3. The average molecular weight is 236 g/mol. The van der Waals surface area contributed by atoms with Crippen molar-refractivity contribution in [3.8, 4) is 17.0 Å². The summed E-state index contributed by atoms with van der Waals surface area (Å²) in [5, 5.41) is 7.52. The lowest BCUT2D eigenvalue weighted by molar-refractivity contribution is 0.416. The predicted molar refractivity (Wildman–Crippen MR) is 61.6 cm³/mol. The fourth-order valence-electron chi connectivity index (χ4n) is 1.54. The molecule has 0 spiro atoms. The Morgan fingerprint density at radius 3 is 2.81 bits per heavy atom.